The van der Waals surface area contributed by atoms with Crippen LogP contribution in [0.15, 0.2) is 29.3 Å². The van der Waals surface area contributed by atoms with Crippen molar-refractivity contribution >= 4 is 27.5 Å². The molecule has 0 saturated carbocycles. The van der Waals surface area contributed by atoms with Gasteiger partial charge in [0.1, 0.15) is 12.4 Å². The van der Waals surface area contributed by atoms with Crippen LogP contribution in [0.25, 0.3) is 0 Å². The van der Waals surface area contributed by atoms with Crippen LogP contribution in [-0.2, 0) is 6.42 Å². The smallest absolute Gasteiger partial charge is 0.138 e. The highest BCUT2D eigenvalue weighted by Gasteiger charge is 2.02. The number of rotatable bonds is 5. The van der Waals surface area contributed by atoms with Crippen molar-refractivity contribution in [3.8, 4) is 5.75 Å². The Hall–Kier alpha value is -0.510. The van der Waals surface area contributed by atoms with E-state index in [1.165, 1.54) is 0 Å². The van der Waals surface area contributed by atoms with Crippen molar-refractivity contribution in [1.82, 2.24) is 0 Å². The third-order valence-corrected chi connectivity index (χ3v) is 2.34. The molecule has 0 aliphatic rings. The Bertz CT molecular complexity index is 354. The minimum atomic E-state index is 0.413. The summed E-state index contributed by atoms with van der Waals surface area (Å²) in [4.78, 5) is 0. The van der Waals surface area contributed by atoms with Crippen molar-refractivity contribution in [3.05, 3.63) is 39.8 Å². The van der Waals surface area contributed by atoms with Gasteiger partial charge in [0.25, 0.3) is 0 Å². The van der Waals surface area contributed by atoms with Gasteiger partial charge in [0.2, 0.25) is 0 Å². The Morgan fingerprint density at radius 2 is 2.27 bits per heavy atom. The summed E-state index contributed by atoms with van der Waals surface area (Å²) in [6.45, 7) is 4.71. The lowest BCUT2D eigenvalue weighted by Crippen LogP contribution is -2.03. The zero-order chi connectivity index (χ0) is 11.3. The summed E-state index contributed by atoms with van der Waals surface area (Å²) in [6.07, 6.45) is 0.825. The molecule has 0 aliphatic heterocycles. The fourth-order valence-electron chi connectivity index (χ4n) is 1.14. The summed E-state index contributed by atoms with van der Waals surface area (Å²) in [5, 5.41) is 0.606. The largest absolute Gasteiger partial charge is 0.487 e. The van der Waals surface area contributed by atoms with Crippen molar-refractivity contribution in [2.45, 2.75) is 6.42 Å². The predicted molar refractivity (Wildman–Crippen MR) is 67.8 cm³/mol. The number of ether oxygens (including phenoxy) is 1. The molecule has 2 N–H and O–H groups in total. The molecule has 0 heterocycles. The third kappa shape index (κ3) is 4.24. The van der Waals surface area contributed by atoms with Crippen molar-refractivity contribution in [1.29, 1.82) is 0 Å². The second kappa shape index (κ2) is 6.16. The maximum atomic E-state index is 6.04. The number of nitrogens with two attached hydrogens (primary N) is 1. The summed E-state index contributed by atoms with van der Waals surface area (Å²) < 4.78 is 6.20. The van der Waals surface area contributed by atoms with Crippen LogP contribution in [0, 0.1) is 0 Å². The van der Waals surface area contributed by atoms with Gasteiger partial charge in [-0.05, 0) is 30.7 Å². The zero-order valence-corrected chi connectivity index (χ0v) is 10.6. The Kier molecular flexibility index (Phi) is 5.15. The van der Waals surface area contributed by atoms with Crippen molar-refractivity contribution in [3.63, 3.8) is 0 Å². The molecule has 0 unspecified atom stereocenters. The molecular weight excluding hydrogens is 277 g/mol. The van der Waals surface area contributed by atoms with E-state index in [-0.39, 0.29) is 0 Å². The fraction of sp³-hybridized carbons (Fsp3) is 0.273. The molecule has 1 aromatic rings. The zero-order valence-electron chi connectivity index (χ0n) is 8.30. The van der Waals surface area contributed by atoms with E-state index in [9.17, 15) is 0 Å². The van der Waals surface area contributed by atoms with Gasteiger partial charge >= 0.3 is 0 Å². The van der Waals surface area contributed by atoms with E-state index in [0.29, 0.717) is 23.9 Å². The highest BCUT2D eigenvalue weighted by molar-refractivity contribution is 9.11. The summed E-state index contributed by atoms with van der Waals surface area (Å²) in [5.41, 5.74) is 6.57. The average molecular weight is 291 g/mol. The van der Waals surface area contributed by atoms with E-state index in [0.717, 1.165) is 16.5 Å². The molecule has 2 nitrogen and oxygen atoms in total. The van der Waals surface area contributed by atoms with Gasteiger partial charge in [-0.15, -0.1) is 0 Å². The van der Waals surface area contributed by atoms with Gasteiger partial charge in [-0.1, -0.05) is 40.2 Å². The molecule has 0 amide bonds. The second-order valence-corrected chi connectivity index (χ2v) is 4.64. The molecule has 0 aromatic heterocycles. The Labute approximate surface area is 103 Å². The topological polar surface area (TPSA) is 35.2 Å². The van der Waals surface area contributed by atoms with Crippen molar-refractivity contribution in [2.75, 3.05) is 13.2 Å². The highest BCUT2D eigenvalue weighted by atomic mass is 79.9. The molecule has 0 saturated heterocycles. The maximum Gasteiger partial charge on any atom is 0.138 e. The summed E-state index contributed by atoms with van der Waals surface area (Å²) >= 11 is 9.25. The first-order chi connectivity index (χ1) is 7.13. The van der Waals surface area contributed by atoms with Crippen LogP contribution in [0.5, 0.6) is 5.75 Å². The number of benzene rings is 1. The monoisotopic (exact) mass is 289 g/mol. The molecule has 0 radical (unpaired) electrons. The summed E-state index contributed by atoms with van der Waals surface area (Å²) in [6, 6.07) is 5.69. The quantitative estimate of drug-likeness (QED) is 0.904. The molecule has 0 aliphatic carbocycles. The lowest BCUT2D eigenvalue weighted by Gasteiger charge is -2.08. The van der Waals surface area contributed by atoms with E-state index in [1.807, 2.05) is 18.2 Å². The van der Waals surface area contributed by atoms with Crippen LogP contribution in [0.4, 0.5) is 0 Å². The molecule has 0 atom stereocenters. The summed E-state index contributed by atoms with van der Waals surface area (Å²) in [7, 11) is 0. The summed E-state index contributed by atoms with van der Waals surface area (Å²) in [5.74, 6) is 0.665. The van der Waals surface area contributed by atoms with E-state index < -0.39 is 0 Å². The Morgan fingerprint density at radius 1 is 1.53 bits per heavy atom. The first kappa shape index (κ1) is 12.6. The van der Waals surface area contributed by atoms with Gasteiger partial charge < -0.3 is 10.5 Å². The lowest BCUT2D eigenvalue weighted by atomic mass is 10.1. The number of hydrogen-bond acceptors (Lipinski definition) is 2. The van der Waals surface area contributed by atoms with Gasteiger partial charge in [-0.3, -0.25) is 0 Å². The minimum absolute atomic E-state index is 0.413. The van der Waals surface area contributed by atoms with E-state index >= 15 is 0 Å². The maximum absolute atomic E-state index is 6.04. The molecular formula is C11H13BrClNO. The number of halogens is 2. The highest BCUT2D eigenvalue weighted by Crippen LogP contribution is 2.26. The van der Waals surface area contributed by atoms with Gasteiger partial charge in [0.05, 0.1) is 5.02 Å². The van der Waals surface area contributed by atoms with Gasteiger partial charge in [-0.2, -0.15) is 0 Å². The van der Waals surface area contributed by atoms with Crippen LogP contribution in [0.1, 0.15) is 5.56 Å². The van der Waals surface area contributed by atoms with Gasteiger partial charge in [-0.25, -0.2) is 0 Å². The Balaban J connectivity index is 2.70. The lowest BCUT2D eigenvalue weighted by molar-refractivity contribution is 0.361. The molecule has 15 heavy (non-hydrogen) atoms. The molecule has 4 heteroatoms. The normalized spacial score (nSPS) is 10.1. The Morgan fingerprint density at radius 3 is 2.80 bits per heavy atom. The van der Waals surface area contributed by atoms with Crippen LogP contribution in [-0.4, -0.2) is 13.2 Å². The molecule has 0 spiro atoms. The standard InChI is InChI=1S/C11H13BrClNO/c1-8(12)7-15-11-3-2-9(4-5-14)6-10(11)13/h2-3,6H,1,4-5,7,14H2. The number of hydrogen-bond donors (Lipinski definition) is 1. The van der Waals surface area contributed by atoms with Crippen molar-refractivity contribution in [2.24, 2.45) is 5.73 Å². The van der Waals surface area contributed by atoms with Crippen LogP contribution in [0.2, 0.25) is 5.02 Å². The molecule has 1 aromatic carbocycles. The van der Waals surface area contributed by atoms with Crippen LogP contribution in [0.3, 0.4) is 0 Å². The third-order valence-electron chi connectivity index (χ3n) is 1.81. The van der Waals surface area contributed by atoms with Crippen LogP contribution >= 0.6 is 27.5 Å². The van der Waals surface area contributed by atoms with E-state index in [1.54, 1.807) is 0 Å². The minimum Gasteiger partial charge on any atom is -0.487 e. The van der Waals surface area contributed by atoms with E-state index in [2.05, 4.69) is 22.5 Å². The van der Waals surface area contributed by atoms with Gasteiger partial charge in [0, 0.05) is 4.48 Å². The van der Waals surface area contributed by atoms with E-state index in [4.69, 9.17) is 22.1 Å². The molecule has 0 bridgehead atoms. The first-order valence-electron chi connectivity index (χ1n) is 4.58. The van der Waals surface area contributed by atoms with Crippen LogP contribution < -0.4 is 10.5 Å². The SMILES string of the molecule is C=C(Br)COc1ccc(CCN)cc1Cl. The molecule has 1 rings (SSSR count). The molecule has 0 fully saturated rings. The molecule has 82 valence electrons. The second-order valence-electron chi connectivity index (χ2n) is 3.11. The van der Waals surface area contributed by atoms with Gasteiger partial charge in [0.15, 0.2) is 0 Å². The van der Waals surface area contributed by atoms with Crippen molar-refractivity contribution < 1.29 is 4.74 Å². The average Bonchev–Trinajstić information content (AvgIpc) is 2.17. The fourth-order valence-corrected chi connectivity index (χ4v) is 1.51. The first-order valence-corrected chi connectivity index (χ1v) is 5.75. The predicted octanol–water partition coefficient (Wildman–Crippen LogP) is 3.13.